The van der Waals surface area contributed by atoms with Crippen molar-refractivity contribution < 1.29 is 33.6 Å². The van der Waals surface area contributed by atoms with Gasteiger partial charge in [0, 0.05) is 5.56 Å². The third-order valence-electron chi connectivity index (χ3n) is 6.75. The van der Waals surface area contributed by atoms with Crippen molar-refractivity contribution in [1.29, 1.82) is 0 Å². The van der Waals surface area contributed by atoms with Gasteiger partial charge >= 0.3 is 0 Å². The number of carbonyl (C=O) groups is 2. The van der Waals surface area contributed by atoms with Crippen LogP contribution in [0, 0.1) is 0 Å². The van der Waals surface area contributed by atoms with Gasteiger partial charge < -0.3 is 29.0 Å². The first-order valence-electron chi connectivity index (χ1n) is 13.4. The number of rotatable bonds is 13. The Kier molecular flexibility index (Phi) is 9.67. The fourth-order valence-corrected chi connectivity index (χ4v) is 4.61. The number of ketones is 1. The number of carbonyl (C=O) groups excluding carboxylic acids is 2. The highest BCUT2D eigenvalue weighted by molar-refractivity contribution is 6.46. The summed E-state index contributed by atoms with van der Waals surface area (Å²) in [6.07, 6.45) is 3.16. The third-order valence-corrected chi connectivity index (χ3v) is 6.75. The van der Waals surface area contributed by atoms with Crippen molar-refractivity contribution in [1.82, 2.24) is 4.90 Å². The van der Waals surface area contributed by atoms with E-state index in [-0.39, 0.29) is 24.5 Å². The molecule has 3 aromatic carbocycles. The molecule has 1 N–H and O–H groups in total. The maximum atomic E-state index is 13.3. The number of benzene rings is 3. The maximum Gasteiger partial charge on any atom is 0.295 e. The van der Waals surface area contributed by atoms with Crippen LogP contribution in [0.3, 0.4) is 0 Å². The van der Waals surface area contributed by atoms with Crippen LogP contribution in [-0.4, -0.2) is 55.7 Å². The Morgan fingerprint density at radius 3 is 2.08 bits per heavy atom. The van der Waals surface area contributed by atoms with E-state index >= 15 is 0 Å². The molecule has 1 atom stereocenters. The molecule has 0 spiro atoms. The molecule has 4 rings (SSSR count). The molecule has 0 saturated carbocycles. The summed E-state index contributed by atoms with van der Waals surface area (Å²) < 4.78 is 22.2. The van der Waals surface area contributed by atoms with Gasteiger partial charge in [-0.25, -0.2) is 0 Å². The van der Waals surface area contributed by atoms with E-state index in [2.05, 4.69) is 6.92 Å². The van der Waals surface area contributed by atoms with Crippen LogP contribution in [-0.2, 0) is 9.59 Å². The lowest BCUT2D eigenvalue weighted by molar-refractivity contribution is -0.140. The quantitative estimate of drug-likeness (QED) is 0.126. The minimum Gasteiger partial charge on any atom is -0.507 e. The van der Waals surface area contributed by atoms with Gasteiger partial charge in [0.25, 0.3) is 11.7 Å². The molecule has 1 heterocycles. The van der Waals surface area contributed by atoms with E-state index < -0.39 is 17.7 Å². The van der Waals surface area contributed by atoms with Crippen LogP contribution < -0.4 is 18.9 Å². The minimum atomic E-state index is -0.820. The van der Waals surface area contributed by atoms with Gasteiger partial charge in [-0.2, -0.15) is 0 Å². The first-order valence-corrected chi connectivity index (χ1v) is 13.4. The lowest BCUT2D eigenvalue weighted by atomic mass is 9.95. The summed E-state index contributed by atoms with van der Waals surface area (Å²) in [6, 6.07) is 20.3. The Labute approximate surface area is 234 Å². The van der Waals surface area contributed by atoms with Gasteiger partial charge in [-0.15, -0.1) is 0 Å². The topological polar surface area (TPSA) is 94.5 Å². The van der Waals surface area contributed by atoms with Crippen molar-refractivity contribution >= 4 is 17.4 Å². The molecule has 1 aliphatic rings. The van der Waals surface area contributed by atoms with Crippen molar-refractivity contribution in [2.75, 3.05) is 34.0 Å². The highest BCUT2D eigenvalue weighted by Crippen LogP contribution is 2.40. The minimum absolute atomic E-state index is 0.0133. The van der Waals surface area contributed by atoms with Gasteiger partial charge in [-0.3, -0.25) is 9.59 Å². The fourth-order valence-electron chi connectivity index (χ4n) is 4.61. The molecule has 0 aromatic heterocycles. The number of likely N-dealkylation sites (tertiary alicyclic amines) is 1. The fraction of sp³-hybridized carbons (Fsp3) is 0.312. The van der Waals surface area contributed by atoms with E-state index in [9.17, 15) is 14.7 Å². The third kappa shape index (κ3) is 6.57. The molecule has 0 bridgehead atoms. The molecular weight excluding hydrogens is 510 g/mol. The molecule has 8 heteroatoms. The molecule has 1 aliphatic heterocycles. The van der Waals surface area contributed by atoms with E-state index in [1.54, 1.807) is 87.0 Å². The van der Waals surface area contributed by atoms with Gasteiger partial charge in [0.05, 0.1) is 39.0 Å². The molecule has 1 saturated heterocycles. The average Bonchev–Trinajstić information content (AvgIpc) is 3.24. The molecule has 8 nitrogen and oxygen atoms in total. The van der Waals surface area contributed by atoms with Crippen LogP contribution in [0.2, 0.25) is 0 Å². The standard InChI is InChI=1S/C32H35NO7/c1-4-5-6-19-39-25-12-10-22(11-13-25)30(34)28-29(23-8-7-9-27(21-23)38-3)33(32(36)31(28)35)18-20-40-26-16-14-24(37-2)15-17-26/h7-17,21,29,34H,4-6,18-20H2,1-3H3/b30-28-. The van der Waals surface area contributed by atoms with Crippen LogP contribution >= 0.6 is 0 Å². The molecule has 210 valence electrons. The van der Waals surface area contributed by atoms with Gasteiger partial charge in [0.1, 0.15) is 35.4 Å². The molecule has 40 heavy (non-hydrogen) atoms. The number of aliphatic hydroxyl groups is 1. The first-order chi connectivity index (χ1) is 19.5. The second kappa shape index (κ2) is 13.6. The number of methoxy groups -OCH3 is 2. The second-order valence-corrected chi connectivity index (χ2v) is 9.37. The van der Waals surface area contributed by atoms with Crippen LogP contribution in [0.15, 0.2) is 78.4 Å². The summed E-state index contributed by atoms with van der Waals surface area (Å²) in [7, 11) is 3.13. The molecule has 0 radical (unpaired) electrons. The van der Waals surface area contributed by atoms with Crippen molar-refractivity contribution in [2.45, 2.75) is 32.2 Å². The van der Waals surface area contributed by atoms with E-state index in [4.69, 9.17) is 18.9 Å². The Bertz CT molecular complexity index is 1330. The summed E-state index contributed by atoms with van der Waals surface area (Å²) in [5.74, 6) is 0.843. The molecule has 3 aromatic rings. The lowest BCUT2D eigenvalue weighted by Gasteiger charge is -2.25. The van der Waals surface area contributed by atoms with E-state index in [1.165, 1.54) is 4.90 Å². The van der Waals surface area contributed by atoms with Crippen LogP contribution in [0.4, 0.5) is 0 Å². The molecule has 0 aliphatic carbocycles. The van der Waals surface area contributed by atoms with Crippen molar-refractivity contribution in [2.24, 2.45) is 0 Å². The first kappa shape index (κ1) is 28.5. The highest BCUT2D eigenvalue weighted by Gasteiger charge is 2.46. The van der Waals surface area contributed by atoms with Crippen molar-refractivity contribution in [3.8, 4) is 23.0 Å². The zero-order valence-corrected chi connectivity index (χ0v) is 23.1. The van der Waals surface area contributed by atoms with Gasteiger partial charge in [0.2, 0.25) is 0 Å². The van der Waals surface area contributed by atoms with E-state index in [0.29, 0.717) is 40.7 Å². The average molecular weight is 546 g/mol. The van der Waals surface area contributed by atoms with Crippen molar-refractivity contribution in [3.63, 3.8) is 0 Å². The molecular formula is C32H35NO7. The molecule has 1 fully saturated rings. The number of unbranched alkanes of at least 4 members (excludes halogenated alkanes) is 2. The largest absolute Gasteiger partial charge is 0.507 e. The Hall–Kier alpha value is -4.46. The predicted molar refractivity (Wildman–Crippen MR) is 152 cm³/mol. The Morgan fingerprint density at radius 2 is 1.43 bits per heavy atom. The summed E-state index contributed by atoms with van der Waals surface area (Å²) >= 11 is 0. The maximum absolute atomic E-state index is 13.3. The van der Waals surface area contributed by atoms with Crippen LogP contribution in [0.25, 0.3) is 5.76 Å². The second-order valence-electron chi connectivity index (χ2n) is 9.37. The van der Waals surface area contributed by atoms with Gasteiger partial charge in [-0.1, -0.05) is 31.9 Å². The zero-order chi connectivity index (χ0) is 28.5. The summed E-state index contributed by atoms with van der Waals surface area (Å²) in [4.78, 5) is 28.0. The van der Waals surface area contributed by atoms with E-state index in [1.807, 2.05) is 0 Å². The number of hydrogen-bond acceptors (Lipinski definition) is 7. The van der Waals surface area contributed by atoms with Gasteiger partial charge in [-0.05, 0) is 72.6 Å². The molecule has 1 unspecified atom stereocenters. The van der Waals surface area contributed by atoms with Gasteiger partial charge in [0.15, 0.2) is 0 Å². The van der Waals surface area contributed by atoms with Crippen LogP contribution in [0.5, 0.6) is 23.0 Å². The highest BCUT2D eigenvalue weighted by atomic mass is 16.5. The lowest BCUT2D eigenvalue weighted by Crippen LogP contribution is -2.33. The summed E-state index contributed by atoms with van der Waals surface area (Å²) in [6.45, 7) is 3.01. The van der Waals surface area contributed by atoms with Crippen molar-refractivity contribution in [3.05, 3.63) is 89.5 Å². The van der Waals surface area contributed by atoms with Crippen LogP contribution in [0.1, 0.15) is 43.4 Å². The number of ether oxygens (including phenoxy) is 4. The predicted octanol–water partition coefficient (Wildman–Crippen LogP) is 5.77. The smallest absolute Gasteiger partial charge is 0.295 e. The number of amides is 1. The normalized spacial score (nSPS) is 16.2. The SMILES string of the molecule is CCCCCOc1ccc(/C(O)=C2/C(=O)C(=O)N(CCOc3ccc(OC)cc3)C2c2cccc(OC)c2)cc1. The molecule has 1 amide bonds. The zero-order valence-electron chi connectivity index (χ0n) is 23.1. The summed E-state index contributed by atoms with van der Waals surface area (Å²) in [5, 5.41) is 11.3. The van der Waals surface area contributed by atoms with E-state index in [0.717, 1.165) is 19.3 Å². The number of hydrogen-bond donors (Lipinski definition) is 1. The summed E-state index contributed by atoms with van der Waals surface area (Å²) in [5.41, 5.74) is 1.07. The number of nitrogens with zero attached hydrogens (tertiary/aromatic N) is 1. The Morgan fingerprint density at radius 1 is 0.800 bits per heavy atom. The number of Topliss-reactive ketones (excluding diaryl/α,β-unsaturated/α-hetero) is 1. The number of aliphatic hydroxyl groups excluding tert-OH is 1. The Balaban J connectivity index is 1.61. The monoisotopic (exact) mass is 545 g/mol.